The average molecular weight is 378 g/mol. The molecule has 0 unspecified atom stereocenters. The van der Waals surface area contributed by atoms with Crippen LogP contribution < -0.4 is 15.0 Å². The molecule has 0 spiro atoms. The van der Waals surface area contributed by atoms with Crippen molar-refractivity contribution >= 4 is 10.9 Å². The van der Waals surface area contributed by atoms with E-state index in [1.807, 2.05) is 12.1 Å². The maximum Gasteiger partial charge on any atom is 0.258 e. The molecule has 144 valence electrons. The molecule has 7 heteroatoms. The quantitative estimate of drug-likeness (QED) is 0.680. The zero-order chi connectivity index (χ0) is 20.1. The monoisotopic (exact) mass is 378 g/mol. The van der Waals surface area contributed by atoms with Crippen LogP contribution in [0.4, 0.5) is 0 Å². The van der Waals surface area contributed by atoms with E-state index in [0.717, 1.165) is 12.1 Å². The fraction of sp³-hybridized carbons (Fsp3) is 0.286. The fourth-order valence-electron chi connectivity index (χ4n) is 3.02. The van der Waals surface area contributed by atoms with Crippen LogP contribution in [0.3, 0.4) is 0 Å². The van der Waals surface area contributed by atoms with Crippen LogP contribution in [0, 0.1) is 11.3 Å². The summed E-state index contributed by atoms with van der Waals surface area (Å²) in [4.78, 5) is 22.1. The van der Waals surface area contributed by atoms with Crippen molar-refractivity contribution in [1.82, 2.24) is 14.9 Å². The molecule has 0 amide bonds. The van der Waals surface area contributed by atoms with Gasteiger partial charge in [-0.3, -0.25) is 9.69 Å². The van der Waals surface area contributed by atoms with Crippen molar-refractivity contribution in [2.24, 2.45) is 0 Å². The summed E-state index contributed by atoms with van der Waals surface area (Å²) in [6.45, 7) is 4.02. The molecule has 0 saturated heterocycles. The van der Waals surface area contributed by atoms with Gasteiger partial charge in [0.2, 0.25) is 0 Å². The minimum Gasteiger partial charge on any atom is -0.493 e. The Morgan fingerprint density at radius 3 is 2.39 bits per heavy atom. The summed E-state index contributed by atoms with van der Waals surface area (Å²) in [5.41, 5.74) is 2.08. The lowest BCUT2D eigenvalue weighted by Crippen LogP contribution is -2.25. The maximum absolute atomic E-state index is 12.5. The van der Waals surface area contributed by atoms with E-state index in [1.165, 1.54) is 7.11 Å². The molecular weight excluding hydrogens is 356 g/mol. The summed E-state index contributed by atoms with van der Waals surface area (Å²) >= 11 is 0. The Labute approximate surface area is 163 Å². The number of hydrogen-bond acceptors (Lipinski definition) is 6. The number of nitriles is 1. The van der Waals surface area contributed by atoms with E-state index >= 15 is 0 Å². The normalized spacial score (nSPS) is 10.8. The third kappa shape index (κ3) is 4.13. The molecule has 0 saturated carbocycles. The van der Waals surface area contributed by atoms with Crippen molar-refractivity contribution < 1.29 is 9.47 Å². The molecule has 2 aromatic carbocycles. The molecule has 0 aliphatic heterocycles. The molecule has 28 heavy (non-hydrogen) atoms. The second kappa shape index (κ2) is 8.55. The van der Waals surface area contributed by atoms with Gasteiger partial charge in [-0.2, -0.15) is 5.26 Å². The van der Waals surface area contributed by atoms with E-state index < -0.39 is 0 Å². The predicted molar refractivity (Wildman–Crippen MR) is 106 cm³/mol. The smallest absolute Gasteiger partial charge is 0.258 e. The third-order valence-corrected chi connectivity index (χ3v) is 4.57. The first kappa shape index (κ1) is 19.4. The number of benzene rings is 2. The van der Waals surface area contributed by atoms with Crippen molar-refractivity contribution in [2.45, 2.75) is 20.0 Å². The van der Waals surface area contributed by atoms with Gasteiger partial charge in [0.1, 0.15) is 5.82 Å². The summed E-state index contributed by atoms with van der Waals surface area (Å²) in [5.74, 6) is 1.61. The topological polar surface area (TPSA) is 91.2 Å². The van der Waals surface area contributed by atoms with E-state index in [4.69, 9.17) is 14.7 Å². The Morgan fingerprint density at radius 1 is 1.11 bits per heavy atom. The number of methoxy groups -OCH3 is 2. The predicted octanol–water partition coefficient (Wildman–Crippen LogP) is 2.83. The largest absolute Gasteiger partial charge is 0.493 e. The summed E-state index contributed by atoms with van der Waals surface area (Å²) in [6.07, 6.45) is 0. The van der Waals surface area contributed by atoms with Gasteiger partial charge in [-0.15, -0.1) is 0 Å². The summed E-state index contributed by atoms with van der Waals surface area (Å²) in [5, 5.41) is 9.37. The highest BCUT2D eigenvalue weighted by molar-refractivity contribution is 5.81. The molecule has 3 rings (SSSR count). The number of nitrogens with one attached hydrogen (secondary N) is 1. The Kier molecular flexibility index (Phi) is 5.92. The van der Waals surface area contributed by atoms with E-state index in [2.05, 4.69) is 27.9 Å². The average Bonchev–Trinajstić information content (AvgIpc) is 2.72. The van der Waals surface area contributed by atoms with Crippen molar-refractivity contribution in [3.8, 4) is 17.6 Å². The lowest BCUT2D eigenvalue weighted by Gasteiger charge is -2.20. The number of ether oxygens (including phenoxy) is 2. The first-order chi connectivity index (χ1) is 13.6. The Hall–Kier alpha value is -3.37. The van der Waals surface area contributed by atoms with Crippen LogP contribution >= 0.6 is 0 Å². The van der Waals surface area contributed by atoms with Gasteiger partial charge in [-0.25, -0.2) is 4.98 Å². The number of aromatic amines is 1. The van der Waals surface area contributed by atoms with Gasteiger partial charge in [0.15, 0.2) is 11.5 Å². The number of aromatic nitrogens is 2. The molecule has 0 aliphatic rings. The highest BCUT2D eigenvalue weighted by atomic mass is 16.5. The SMILES string of the molecule is CCN(Cc1ccc(C#N)cc1)Cc1nc2cc(OC)c(OC)cc2c(=O)[nH]1. The molecule has 0 aliphatic carbocycles. The van der Waals surface area contributed by atoms with Gasteiger partial charge in [0.05, 0.1) is 43.3 Å². The third-order valence-electron chi connectivity index (χ3n) is 4.57. The standard InChI is InChI=1S/C21H22N4O3/c1-4-25(12-15-7-5-14(11-22)6-8-15)13-20-23-17-10-19(28-3)18(27-2)9-16(17)21(26)24-20/h5-10H,4,12-13H2,1-3H3,(H,23,24,26). The van der Waals surface area contributed by atoms with Gasteiger partial charge >= 0.3 is 0 Å². The minimum atomic E-state index is -0.213. The van der Waals surface area contributed by atoms with Gasteiger partial charge < -0.3 is 14.5 Å². The van der Waals surface area contributed by atoms with Crippen LogP contribution in [0.25, 0.3) is 10.9 Å². The second-order valence-corrected chi connectivity index (χ2v) is 6.35. The number of hydrogen-bond donors (Lipinski definition) is 1. The van der Waals surface area contributed by atoms with Crippen LogP contribution in [0.1, 0.15) is 23.9 Å². The number of nitrogens with zero attached hydrogens (tertiary/aromatic N) is 3. The Morgan fingerprint density at radius 2 is 1.79 bits per heavy atom. The van der Waals surface area contributed by atoms with Crippen molar-refractivity contribution in [2.75, 3.05) is 20.8 Å². The molecular formula is C21H22N4O3. The van der Waals surface area contributed by atoms with E-state index in [0.29, 0.717) is 46.9 Å². The maximum atomic E-state index is 12.5. The van der Waals surface area contributed by atoms with Gasteiger partial charge in [-0.05, 0) is 30.3 Å². The number of rotatable bonds is 7. The van der Waals surface area contributed by atoms with E-state index in [-0.39, 0.29) is 5.56 Å². The van der Waals surface area contributed by atoms with Crippen LogP contribution in [0.2, 0.25) is 0 Å². The highest BCUT2D eigenvalue weighted by Crippen LogP contribution is 2.29. The first-order valence-electron chi connectivity index (χ1n) is 8.94. The molecule has 7 nitrogen and oxygen atoms in total. The van der Waals surface area contributed by atoms with E-state index in [1.54, 1.807) is 31.4 Å². The molecule has 0 bridgehead atoms. The van der Waals surface area contributed by atoms with Gasteiger partial charge in [-0.1, -0.05) is 19.1 Å². The summed E-state index contributed by atoms with van der Waals surface area (Å²) in [6, 6.07) is 13.0. The van der Waals surface area contributed by atoms with Crippen molar-refractivity contribution in [3.63, 3.8) is 0 Å². The molecule has 0 radical (unpaired) electrons. The molecule has 0 atom stereocenters. The van der Waals surface area contributed by atoms with Crippen LogP contribution in [0.15, 0.2) is 41.2 Å². The first-order valence-corrected chi connectivity index (χ1v) is 8.94. The van der Waals surface area contributed by atoms with Crippen LogP contribution in [-0.2, 0) is 13.1 Å². The second-order valence-electron chi connectivity index (χ2n) is 6.35. The van der Waals surface area contributed by atoms with Gasteiger partial charge in [0.25, 0.3) is 5.56 Å². The van der Waals surface area contributed by atoms with Gasteiger partial charge in [0, 0.05) is 12.6 Å². The molecule has 1 aromatic heterocycles. The number of fused-ring (bicyclic) bond motifs is 1. The Balaban J connectivity index is 1.87. The lowest BCUT2D eigenvalue weighted by atomic mass is 10.1. The fourth-order valence-corrected chi connectivity index (χ4v) is 3.02. The van der Waals surface area contributed by atoms with E-state index in [9.17, 15) is 4.79 Å². The Bertz CT molecular complexity index is 1070. The molecule has 1 N–H and O–H groups in total. The zero-order valence-electron chi connectivity index (χ0n) is 16.2. The van der Waals surface area contributed by atoms with Crippen molar-refractivity contribution in [1.29, 1.82) is 5.26 Å². The van der Waals surface area contributed by atoms with Crippen LogP contribution in [0.5, 0.6) is 11.5 Å². The summed E-state index contributed by atoms with van der Waals surface area (Å²) in [7, 11) is 3.08. The molecule has 3 aromatic rings. The zero-order valence-corrected chi connectivity index (χ0v) is 16.2. The highest BCUT2D eigenvalue weighted by Gasteiger charge is 2.13. The van der Waals surface area contributed by atoms with Crippen molar-refractivity contribution in [3.05, 3.63) is 63.7 Å². The minimum absolute atomic E-state index is 0.213. The van der Waals surface area contributed by atoms with Crippen LogP contribution in [-0.4, -0.2) is 35.6 Å². The summed E-state index contributed by atoms with van der Waals surface area (Å²) < 4.78 is 10.6. The molecule has 0 fully saturated rings. The lowest BCUT2D eigenvalue weighted by molar-refractivity contribution is 0.264. The molecule has 1 heterocycles. The number of H-pyrrole nitrogens is 1.